The molecule has 3 aromatic rings. The van der Waals surface area contributed by atoms with Gasteiger partial charge in [0, 0.05) is 61.5 Å². The number of nitrogens with zero attached hydrogens (tertiary/aromatic N) is 5. The van der Waals surface area contributed by atoms with Crippen molar-refractivity contribution in [3.63, 3.8) is 0 Å². The normalized spacial score (nSPS) is 15.9. The molecule has 1 fully saturated rings. The van der Waals surface area contributed by atoms with Crippen molar-refractivity contribution in [1.82, 2.24) is 29.5 Å². The number of aromatic nitrogens is 3. The minimum atomic E-state index is -1.33. The lowest BCUT2D eigenvalue weighted by molar-refractivity contribution is -0.118. The molecule has 0 unspecified atom stereocenters. The molecule has 3 heterocycles. The van der Waals surface area contributed by atoms with Crippen LogP contribution in [-0.4, -0.2) is 85.8 Å². The molecule has 0 spiro atoms. The molecule has 1 atom stereocenters. The van der Waals surface area contributed by atoms with Crippen LogP contribution in [0.4, 0.5) is 0 Å². The fraction of sp³-hybridized carbons (Fsp3) is 0.440. The lowest BCUT2D eigenvalue weighted by Crippen LogP contribution is -2.46. The van der Waals surface area contributed by atoms with Crippen molar-refractivity contribution >= 4 is 16.7 Å². The van der Waals surface area contributed by atoms with Crippen molar-refractivity contribution in [3.8, 4) is 11.5 Å². The summed E-state index contributed by atoms with van der Waals surface area (Å²) >= 11 is 0. The van der Waals surface area contributed by atoms with Crippen LogP contribution in [0, 0.1) is 0 Å². The van der Waals surface area contributed by atoms with Gasteiger partial charge in [0.2, 0.25) is 5.91 Å². The lowest BCUT2D eigenvalue weighted by atomic mass is 10.3. The Morgan fingerprint density at radius 2 is 1.74 bits per heavy atom. The minimum Gasteiger partial charge on any atom is -0.355 e. The fourth-order valence-electron chi connectivity index (χ4n) is 4.27. The van der Waals surface area contributed by atoms with Crippen LogP contribution < -0.4 is 5.32 Å². The van der Waals surface area contributed by atoms with Gasteiger partial charge in [0.1, 0.15) is 11.6 Å². The van der Waals surface area contributed by atoms with Crippen LogP contribution in [0.2, 0.25) is 0 Å². The quantitative estimate of drug-likeness (QED) is 0.424. The highest BCUT2D eigenvalue weighted by Crippen LogP contribution is 2.21. The Labute approximate surface area is 204 Å². The van der Waals surface area contributed by atoms with Crippen LogP contribution in [0.25, 0.3) is 11.5 Å². The molecule has 2 aromatic heterocycles. The number of nitrogens with one attached hydrogen (secondary N) is 1. The standard InChI is InChI=1S/C25H34N6O2S/c1-2-28-15-17-29(18-16-28)12-8-11-26-24(32)21-34(33)20-22-19-27-31(23-9-4-3-5-10-23)25(22)30-13-6-7-14-30/h3-7,9-10,13-14,19H,2,8,11-12,15-18,20-21H2,1H3,(H,26,32)/t34-/m1/s1. The number of rotatable bonds is 11. The predicted molar refractivity (Wildman–Crippen MR) is 136 cm³/mol. The molecule has 34 heavy (non-hydrogen) atoms. The maximum Gasteiger partial charge on any atom is 0.232 e. The highest BCUT2D eigenvalue weighted by Gasteiger charge is 2.18. The van der Waals surface area contributed by atoms with E-state index in [-0.39, 0.29) is 17.4 Å². The second-order valence-electron chi connectivity index (χ2n) is 8.54. The molecule has 1 N–H and O–H groups in total. The predicted octanol–water partition coefficient (Wildman–Crippen LogP) is 2.06. The van der Waals surface area contributed by atoms with Gasteiger partial charge in [-0.3, -0.25) is 9.00 Å². The van der Waals surface area contributed by atoms with Crippen LogP contribution in [0.3, 0.4) is 0 Å². The van der Waals surface area contributed by atoms with Crippen molar-refractivity contribution in [2.75, 3.05) is 51.6 Å². The van der Waals surface area contributed by atoms with Gasteiger partial charge < -0.3 is 19.7 Å². The molecule has 0 bridgehead atoms. The number of carbonyl (C=O) groups is 1. The highest BCUT2D eigenvalue weighted by atomic mass is 32.2. The summed E-state index contributed by atoms with van der Waals surface area (Å²) in [6, 6.07) is 13.7. The molecule has 8 nitrogen and oxygen atoms in total. The summed E-state index contributed by atoms with van der Waals surface area (Å²) in [5, 5.41) is 7.48. The van der Waals surface area contributed by atoms with Gasteiger partial charge in [-0.15, -0.1) is 0 Å². The van der Waals surface area contributed by atoms with Gasteiger partial charge >= 0.3 is 0 Å². The number of para-hydroxylation sites is 1. The Kier molecular flexibility index (Phi) is 8.67. The SMILES string of the molecule is CCN1CCN(CCCNC(=O)C[S@](=O)Cc2cnn(-c3ccccc3)c2-n2cccc2)CC1. The third-order valence-corrected chi connectivity index (χ3v) is 7.38. The van der Waals surface area contributed by atoms with Crippen molar-refractivity contribution in [3.05, 3.63) is 66.6 Å². The van der Waals surface area contributed by atoms with Crippen LogP contribution in [0.5, 0.6) is 0 Å². The number of carbonyl (C=O) groups excluding carboxylic acids is 1. The fourth-order valence-corrected chi connectivity index (χ4v) is 5.32. The van der Waals surface area contributed by atoms with Gasteiger partial charge in [-0.2, -0.15) is 5.10 Å². The van der Waals surface area contributed by atoms with E-state index in [9.17, 15) is 9.00 Å². The van der Waals surface area contributed by atoms with Crippen LogP contribution in [-0.2, 0) is 21.3 Å². The van der Waals surface area contributed by atoms with E-state index >= 15 is 0 Å². The van der Waals surface area contributed by atoms with Crippen LogP contribution >= 0.6 is 0 Å². The maximum absolute atomic E-state index is 12.8. The lowest BCUT2D eigenvalue weighted by Gasteiger charge is -2.33. The Hall–Kier alpha value is -2.75. The highest BCUT2D eigenvalue weighted by molar-refractivity contribution is 7.84. The summed E-state index contributed by atoms with van der Waals surface area (Å²) in [7, 11) is -1.33. The molecule has 0 saturated carbocycles. The number of hydrogen-bond donors (Lipinski definition) is 1. The van der Waals surface area contributed by atoms with Crippen LogP contribution in [0.15, 0.2) is 61.1 Å². The largest absolute Gasteiger partial charge is 0.355 e. The topological polar surface area (TPSA) is 75.4 Å². The second-order valence-corrected chi connectivity index (χ2v) is 10.00. The first kappa shape index (κ1) is 24.4. The third-order valence-electron chi connectivity index (χ3n) is 6.16. The molecule has 1 aromatic carbocycles. The van der Waals surface area contributed by atoms with Gasteiger partial charge in [-0.05, 0) is 43.8 Å². The van der Waals surface area contributed by atoms with Crippen molar-refractivity contribution in [1.29, 1.82) is 0 Å². The maximum atomic E-state index is 12.8. The van der Waals surface area contributed by atoms with Gasteiger partial charge in [0.05, 0.1) is 17.6 Å². The van der Waals surface area contributed by atoms with Crippen molar-refractivity contribution in [2.45, 2.75) is 19.1 Å². The third kappa shape index (κ3) is 6.43. The average Bonchev–Trinajstić information content (AvgIpc) is 3.52. The average molecular weight is 483 g/mol. The zero-order chi connectivity index (χ0) is 23.8. The Balaban J connectivity index is 1.28. The summed E-state index contributed by atoms with van der Waals surface area (Å²) in [6.45, 7) is 9.33. The molecule has 0 radical (unpaired) electrons. The van der Waals surface area contributed by atoms with Gasteiger partial charge in [0.25, 0.3) is 0 Å². The molecule has 1 aliphatic rings. The molecule has 1 aliphatic heterocycles. The minimum absolute atomic E-state index is 0.00316. The van der Waals surface area contributed by atoms with E-state index in [4.69, 9.17) is 0 Å². The number of likely N-dealkylation sites (N-methyl/N-ethyl adjacent to an activating group) is 1. The Bertz CT molecular complexity index is 1060. The van der Waals surface area contributed by atoms with Crippen molar-refractivity contribution < 1.29 is 9.00 Å². The molecular formula is C25H34N6O2S. The Morgan fingerprint density at radius 3 is 2.44 bits per heavy atom. The summed E-state index contributed by atoms with van der Waals surface area (Å²) < 4.78 is 16.6. The summed E-state index contributed by atoms with van der Waals surface area (Å²) in [6.07, 6.45) is 6.54. The molecule has 1 amide bonds. The molecule has 0 aliphatic carbocycles. The van der Waals surface area contributed by atoms with Gasteiger partial charge in [0.15, 0.2) is 0 Å². The van der Waals surface area contributed by atoms with E-state index in [1.54, 1.807) is 6.20 Å². The van der Waals surface area contributed by atoms with E-state index in [2.05, 4.69) is 27.1 Å². The Morgan fingerprint density at radius 1 is 1.03 bits per heavy atom. The van der Waals surface area contributed by atoms with Gasteiger partial charge in [-0.1, -0.05) is 25.1 Å². The summed E-state index contributed by atoms with van der Waals surface area (Å²) in [5.41, 5.74) is 1.77. The van der Waals surface area contributed by atoms with E-state index < -0.39 is 10.8 Å². The number of hydrogen-bond acceptors (Lipinski definition) is 5. The van der Waals surface area contributed by atoms with E-state index in [1.165, 1.54) is 0 Å². The monoisotopic (exact) mass is 482 g/mol. The molecule has 1 saturated heterocycles. The van der Waals surface area contributed by atoms with E-state index in [0.717, 1.165) is 62.8 Å². The zero-order valence-corrected chi connectivity index (χ0v) is 20.6. The van der Waals surface area contributed by atoms with E-state index in [1.807, 2.05) is 64.1 Å². The summed E-state index contributed by atoms with van der Waals surface area (Å²) in [4.78, 5) is 17.3. The molecule has 182 valence electrons. The second kappa shape index (κ2) is 12.1. The van der Waals surface area contributed by atoms with Gasteiger partial charge in [-0.25, -0.2) is 4.68 Å². The number of benzene rings is 1. The number of piperazine rings is 1. The van der Waals surface area contributed by atoms with Crippen molar-refractivity contribution in [2.24, 2.45) is 0 Å². The first-order chi connectivity index (χ1) is 16.6. The van der Waals surface area contributed by atoms with E-state index in [0.29, 0.717) is 6.54 Å². The summed E-state index contributed by atoms with van der Waals surface area (Å²) in [5.74, 6) is 0.951. The molecule has 9 heteroatoms. The first-order valence-corrected chi connectivity index (χ1v) is 13.4. The first-order valence-electron chi connectivity index (χ1n) is 12.0. The zero-order valence-electron chi connectivity index (χ0n) is 19.8. The smallest absolute Gasteiger partial charge is 0.232 e. The molecule has 4 rings (SSSR count). The van der Waals surface area contributed by atoms with Crippen LogP contribution in [0.1, 0.15) is 18.9 Å². The molecular weight excluding hydrogens is 448 g/mol. The number of amides is 1.